The van der Waals surface area contributed by atoms with E-state index in [9.17, 15) is 39.5 Å². The minimum absolute atomic E-state index is 0.159. The molecule has 2 aromatic rings. The fourth-order valence-corrected chi connectivity index (χ4v) is 3.93. The van der Waals surface area contributed by atoms with Crippen LogP contribution in [-0.4, -0.2) is 109 Å². The van der Waals surface area contributed by atoms with Crippen LogP contribution in [0.1, 0.15) is 25.0 Å². The van der Waals surface area contributed by atoms with Gasteiger partial charge in [-0.1, -0.05) is 6.07 Å². The number of aromatic nitrogens is 3. The molecule has 260 valence electrons. The fourth-order valence-electron chi connectivity index (χ4n) is 3.93. The summed E-state index contributed by atoms with van der Waals surface area (Å²) in [6, 6.07) is 8.51. The highest BCUT2D eigenvalue weighted by atomic mass is 19.4. The van der Waals surface area contributed by atoms with E-state index in [2.05, 4.69) is 27.1 Å². The van der Waals surface area contributed by atoms with Crippen molar-refractivity contribution in [2.75, 3.05) is 19.8 Å². The first kappa shape index (κ1) is 40.0. The van der Waals surface area contributed by atoms with Gasteiger partial charge in [-0.25, -0.2) is 14.4 Å². The number of hydrogen-bond acceptors (Lipinski definition) is 8. The number of nitrogens with zero attached hydrogens (tertiary/aromatic N) is 4. The van der Waals surface area contributed by atoms with Crippen LogP contribution >= 0.6 is 0 Å². The third kappa shape index (κ3) is 15.3. The molecule has 46 heavy (non-hydrogen) atoms. The average Bonchev–Trinajstić information content (AvgIpc) is 3.59. The van der Waals surface area contributed by atoms with Gasteiger partial charge in [-0.2, -0.15) is 44.6 Å². The largest absolute Gasteiger partial charge is 0.490 e. The van der Waals surface area contributed by atoms with Crippen LogP contribution in [0.2, 0.25) is 0 Å². The van der Waals surface area contributed by atoms with Gasteiger partial charge in [0.25, 0.3) is 0 Å². The first-order valence-electron chi connectivity index (χ1n) is 13.0. The van der Waals surface area contributed by atoms with E-state index in [1.165, 1.54) is 6.42 Å². The predicted molar refractivity (Wildman–Crippen MR) is 135 cm³/mol. The second-order valence-corrected chi connectivity index (χ2v) is 9.24. The summed E-state index contributed by atoms with van der Waals surface area (Å²) in [7, 11) is 0. The summed E-state index contributed by atoms with van der Waals surface area (Å²) < 4.78 is 109. The lowest BCUT2D eigenvalue weighted by atomic mass is 10.0. The van der Waals surface area contributed by atoms with Crippen molar-refractivity contribution < 1.29 is 78.7 Å². The van der Waals surface area contributed by atoms with E-state index in [-0.39, 0.29) is 12.2 Å². The highest BCUT2D eigenvalue weighted by Gasteiger charge is 2.44. The Morgan fingerprint density at radius 2 is 1.46 bits per heavy atom. The van der Waals surface area contributed by atoms with Crippen molar-refractivity contribution in [3.63, 3.8) is 0 Å². The van der Waals surface area contributed by atoms with E-state index >= 15 is 0 Å². The highest BCUT2D eigenvalue weighted by molar-refractivity contribution is 5.73. The summed E-state index contributed by atoms with van der Waals surface area (Å²) >= 11 is 0. The van der Waals surface area contributed by atoms with E-state index in [4.69, 9.17) is 39.2 Å². The van der Waals surface area contributed by atoms with Gasteiger partial charge in [0.15, 0.2) is 0 Å². The zero-order valence-electron chi connectivity index (χ0n) is 23.5. The van der Waals surface area contributed by atoms with Crippen molar-refractivity contribution in [2.45, 2.75) is 69.1 Å². The van der Waals surface area contributed by atoms with E-state index < -0.39 is 36.4 Å². The molecule has 0 spiro atoms. The molecule has 2 saturated heterocycles. The first-order valence-corrected chi connectivity index (χ1v) is 13.0. The number of carbonyl (C=O) groups is 3. The van der Waals surface area contributed by atoms with Crippen molar-refractivity contribution in [1.82, 2.24) is 19.7 Å². The molecule has 2 fully saturated rings. The van der Waals surface area contributed by atoms with Crippen molar-refractivity contribution in [3.8, 4) is 0 Å². The molecule has 0 saturated carbocycles. The molecule has 2 aliphatic rings. The standard InChI is InChI=1S/C19H26N4O2.3C2HF3O2/c1-2-8-20-16(6-1)14-22-15-18(19-17(22)7-3-12-25-19)24-13-5-11-23-10-4-9-21-23;3*3-2(4,5)1(6)7/h1-2,4,6,8-10,17-19H,3,5,7,11-15H2;3*(H,6,7)/t17-,18-,19+;;;/m1.../s1. The molecule has 21 heteroatoms. The molecule has 0 aromatic carbocycles. The summed E-state index contributed by atoms with van der Waals surface area (Å²) in [6.45, 7) is 4.29. The zero-order chi connectivity index (χ0) is 35.1. The van der Waals surface area contributed by atoms with Crippen molar-refractivity contribution >= 4 is 17.9 Å². The molecule has 3 N–H and O–H groups in total. The van der Waals surface area contributed by atoms with E-state index in [1.54, 1.807) is 0 Å². The molecular weight excluding hydrogens is 655 g/mol. The van der Waals surface area contributed by atoms with Crippen LogP contribution in [0.15, 0.2) is 42.9 Å². The molecule has 0 aliphatic carbocycles. The third-order valence-corrected chi connectivity index (χ3v) is 5.83. The summed E-state index contributed by atoms with van der Waals surface area (Å²) in [6.07, 6.45) is -5.94. The Bertz CT molecular complexity index is 1140. The maximum absolute atomic E-state index is 10.6. The van der Waals surface area contributed by atoms with Gasteiger partial charge in [0.2, 0.25) is 0 Å². The molecule has 0 unspecified atom stereocenters. The molecule has 4 rings (SSSR count). The molecular formula is C25H29F9N4O8. The minimum atomic E-state index is -5.08. The van der Waals surface area contributed by atoms with E-state index in [1.807, 2.05) is 35.4 Å². The maximum Gasteiger partial charge on any atom is 0.490 e. The summed E-state index contributed by atoms with van der Waals surface area (Å²) in [5.74, 6) is -8.27. The Labute approximate surface area is 254 Å². The predicted octanol–water partition coefficient (Wildman–Crippen LogP) is 4.02. The normalized spacial score (nSPS) is 19.6. The van der Waals surface area contributed by atoms with Gasteiger partial charge in [0.1, 0.15) is 6.10 Å². The Hall–Kier alpha value is -3.98. The Morgan fingerprint density at radius 1 is 0.891 bits per heavy atom. The number of fused-ring (bicyclic) bond motifs is 1. The van der Waals surface area contributed by atoms with E-state index in [0.29, 0.717) is 6.04 Å². The number of alkyl halides is 9. The number of ether oxygens (including phenoxy) is 2. The lowest BCUT2D eigenvalue weighted by Gasteiger charge is -2.32. The smallest absolute Gasteiger partial charge is 0.475 e. The zero-order valence-corrected chi connectivity index (χ0v) is 23.5. The molecule has 12 nitrogen and oxygen atoms in total. The van der Waals surface area contributed by atoms with Gasteiger partial charge in [0.05, 0.1) is 11.8 Å². The second-order valence-electron chi connectivity index (χ2n) is 9.24. The lowest BCUT2D eigenvalue weighted by Crippen LogP contribution is -2.41. The highest BCUT2D eigenvalue weighted by Crippen LogP contribution is 2.31. The number of likely N-dealkylation sites (tertiary alicyclic amines) is 1. The molecule has 0 amide bonds. The van der Waals surface area contributed by atoms with Crippen LogP contribution in [-0.2, 0) is 36.9 Å². The number of pyridine rings is 1. The number of rotatable bonds is 7. The topological polar surface area (TPSA) is 164 Å². The second kappa shape index (κ2) is 18.2. The maximum atomic E-state index is 10.6. The van der Waals surface area contributed by atoms with Crippen molar-refractivity contribution in [3.05, 3.63) is 48.5 Å². The van der Waals surface area contributed by atoms with Crippen LogP contribution in [0.25, 0.3) is 0 Å². The van der Waals surface area contributed by atoms with E-state index in [0.717, 1.165) is 51.4 Å². The van der Waals surface area contributed by atoms with Crippen molar-refractivity contribution in [2.24, 2.45) is 0 Å². The van der Waals surface area contributed by atoms with Crippen LogP contribution in [0.5, 0.6) is 0 Å². The Morgan fingerprint density at radius 3 is 1.91 bits per heavy atom. The lowest BCUT2D eigenvalue weighted by molar-refractivity contribution is -0.193. The van der Waals surface area contributed by atoms with Gasteiger partial charge in [-0.3, -0.25) is 14.6 Å². The fraction of sp³-hybridized carbons (Fsp3) is 0.560. The summed E-state index contributed by atoms with van der Waals surface area (Å²) in [5, 5.41) is 25.6. The summed E-state index contributed by atoms with van der Waals surface area (Å²) in [4.78, 5) is 33.7. The van der Waals surface area contributed by atoms with Crippen molar-refractivity contribution in [1.29, 1.82) is 0 Å². The monoisotopic (exact) mass is 684 g/mol. The number of carboxylic acids is 3. The first-order chi connectivity index (χ1) is 21.2. The summed E-state index contributed by atoms with van der Waals surface area (Å²) in [5.41, 5.74) is 1.12. The van der Waals surface area contributed by atoms with Gasteiger partial charge >= 0.3 is 36.4 Å². The molecule has 2 aromatic heterocycles. The average molecular weight is 685 g/mol. The number of halogens is 9. The molecule has 2 aliphatic heterocycles. The van der Waals surface area contributed by atoms with Crippen LogP contribution in [0.4, 0.5) is 39.5 Å². The van der Waals surface area contributed by atoms with Gasteiger partial charge in [-0.15, -0.1) is 0 Å². The number of carboxylic acid groups (broad SMARTS) is 3. The van der Waals surface area contributed by atoms with Crippen LogP contribution in [0.3, 0.4) is 0 Å². The number of aryl methyl sites for hydroxylation is 1. The number of aliphatic carboxylic acids is 3. The quantitative estimate of drug-likeness (QED) is 0.285. The Kier molecular flexibility index (Phi) is 15.9. The minimum Gasteiger partial charge on any atom is -0.475 e. The SMILES string of the molecule is O=C(O)C(F)(F)F.O=C(O)C(F)(F)F.O=C(O)C(F)(F)F.c1ccc(CN2C[C@@H](OCCCn3cccn3)[C@H]3OCCC[C@H]32)nc1. The van der Waals surface area contributed by atoms with Crippen LogP contribution in [0, 0.1) is 0 Å². The Balaban J connectivity index is 0.000000413. The molecule has 4 heterocycles. The molecule has 3 atom stereocenters. The van der Waals surface area contributed by atoms with Gasteiger partial charge in [-0.05, 0) is 37.5 Å². The number of hydrogen-bond donors (Lipinski definition) is 3. The molecule has 0 radical (unpaired) electrons. The van der Waals surface area contributed by atoms with Gasteiger partial charge < -0.3 is 24.8 Å². The molecule has 0 bridgehead atoms. The van der Waals surface area contributed by atoms with Gasteiger partial charge in [0, 0.05) is 57.5 Å². The third-order valence-electron chi connectivity index (χ3n) is 5.83. The van der Waals surface area contributed by atoms with Crippen LogP contribution < -0.4 is 0 Å².